The summed E-state index contributed by atoms with van der Waals surface area (Å²) in [7, 11) is 0. The standard InChI is InChI=1S/C18H16N2O/c1-13-3-7-15(8-4-13)11-16(12-19)18(21)20-17-9-5-14(2)6-10-17/h3-11H,1-2H3,(H,20,21). The number of benzene rings is 2. The lowest BCUT2D eigenvalue weighted by atomic mass is 10.1. The van der Waals surface area contributed by atoms with E-state index in [9.17, 15) is 4.79 Å². The second kappa shape index (κ2) is 6.53. The normalized spacial score (nSPS) is 10.8. The number of carbonyl (C=O) groups excluding carboxylic acids is 1. The van der Waals surface area contributed by atoms with Crippen LogP contribution in [0, 0.1) is 25.2 Å². The van der Waals surface area contributed by atoms with Gasteiger partial charge in [0.05, 0.1) is 0 Å². The van der Waals surface area contributed by atoms with Crippen LogP contribution in [0.2, 0.25) is 0 Å². The number of hydrogen-bond donors (Lipinski definition) is 1. The van der Waals surface area contributed by atoms with Gasteiger partial charge in [-0.1, -0.05) is 47.5 Å². The highest BCUT2D eigenvalue weighted by Gasteiger charge is 2.09. The maximum Gasteiger partial charge on any atom is 0.266 e. The molecular formula is C18H16N2O. The minimum absolute atomic E-state index is 0.0828. The van der Waals surface area contributed by atoms with Crippen LogP contribution < -0.4 is 5.32 Å². The van der Waals surface area contributed by atoms with E-state index in [1.165, 1.54) is 0 Å². The Kier molecular flexibility index (Phi) is 4.53. The van der Waals surface area contributed by atoms with Gasteiger partial charge in [-0.2, -0.15) is 5.26 Å². The van der Waals surface area contributed by atoms with Crippen molar-refractivity contribution in [3.05, 3.63) is 70.8 Å². The van der Waals surface area contributed by atoms with Crippen molar-refractivity contribution < 1.29 is 4.79 Å². The van der Waals surface area contributed by atoms with Crippen LogP contribution in [0.4, 0.5) is 5.69 Å². The Balaban J connectivity index is 2.17. The average Bonchev–Trinajstić information content (AvgIpc) is 2.49. The molecule has 0 aromatic heterocycles. The zero-order valence-electron chi connectivity index (χ0n) is 12.1. The largest absolute Gasteiger partial charge is 0.321 e. The second-order valence-corrected chi connectivity index (χ2v) is 4.90. The van der Waals surface area contributed by atoms with Crippen molar-refractivity contribution in [1.29, 1.82) is 5.26 Å². The third-order valence-electron chi connectivity index (χ3n) is 3.06. The minimum atomic E-state index is -0.401. The molecule has 3 nitrogen and oxygen atoms in total. The van der Waals surface area contributed by atoms with Crippen molar-refractivity contribution in [2.24, 2.45) is 0 Å². The van der Waals surface area contributed by atoms with Crippen molar-refractivity contribution >= 4 is 17.7 Å². The summed E-state index contributed by atoms with van der Waals surface area (Å²) in [5.41, 5.74) is 3.84. The van der Waals surface area contributed by atoms with Crippen LogP contribution in [0.15, 0.2) is 54.1 Å². The van der Waals surface area contributed by atoms with Crippen LogP contribution in [0.1, 0.15) is 16.7 Å². The Morgan fingerprint density at radius 2 is 1.52 bits per heavy atom. The molecule has 0 aliphatic carbocycles. The number of aryl methyl sites for hydroxylation is 2. The third-order valence-corrected chi connectivity index (χ3v) is 3.06. The predicted molar refractivity (Wildman–Crippen MR) is 84.6 cm³/mol. The number of nitrogens with zero attached hydrogens (tertiary/aromatic N) is 1. The minimum Gasteiger partial charge on any atom is -0.321 e. The van der Waals surface area contributed by atoms with E-state index >= 15 is 0 Å². The summed E-state index contributed by atoms with van der Waals surface area (Å²) >= 11 is 0. The molecule has 104 valence electrons. The third kappa shape index (κ3) is 4.05. The molecular weight excluding hydrogens is 260 g/mol. The maximum absolute atomic E-state index is 12.1. The summed E-state index contributed by atoms with van der Waals surface area (Å²) in [6.07, 6.45) is 1.59. The Labute approximate surface area is 124 Å². The van der Waals surface area contributed by atoms with E-state index < -0.39 is 5.91 Å². The molecule has 0 fully saturated rings. The zero-order chi connectivity index (χ0) is 15.2. The first-order valence-electron chi connectivity index (χ1n) is 6.65. The quantitative estimate of drug-likeness (QED) is 0.684. The molecule has 0 atom stereocenters. The Hall–Kier alpha value is -2.86. The number of rotatable bonds is 3. The van der Waals surface area contributed by atoms with E-state index in [4.69, 9.17) is 5.26 Å². The molecule has 3 heteroatoms. The van der Waals surface area contributed by atoms with Crippen LogP contribution in [0.25, 0.3) is 6.08 Å². The van der Waals surface area contributed by atoms with Crippen LogP contribution >= 0.6 is 0 Å². The van der Waals surface area contributed by atoms with Crippen LogP contribution in [-0.4, -0.2) is 5.91 Å². The SMILES string of the molecule is Cc1ccc(C=C(C#N)C(=O)Nc2ccc(C)cc2)cc1. The van der Waals surface area contributed by atoms with Gasteiger partial charge in [0.1, 0.15) is 11.6 Å². The molecule has 2 rings (SSSR count). The smallest absolute Gasteiger partial charge is 0.266 e. The van der Waals surface area contributed by atoms with Crippen molar-refractivity contribution in [2.75, 3.05) is 5.32 Å². The second-order valence-electron chi connectivity index (χ2n) is 4.90. The highest BCUT2D eigenvalue weighted by atomic mass is 16.1. The van der Waals surface area contributed by atoms with E-state index in [2.05, 4.69) is 5.32 Å². The molecule has 2 aromatic carbocycles. The molecule has 0 unspecified atom stereocenters. The molecule has 21 heavy (non-hydrogen) atoms. The first-order valence-corrected chi connectivity index (χ1v) is 6.65. The lowest BCUT2D eigenvalue weighted by Gasteiger charge is -2.04. The monoisotopic (exact) mass is 276 g/mol. The lowest BCUT2D eigenvalue weighted by Crippen LogP contribution is -2.13. The van der Waals surface area contributed by atoms with E-state index in [0.717, 1.165) is 16.7 Å². The molecule has 0 saturated heterocycles. The molecule has 1 amide bonds. The fourth-order valence-electron chi connectivity index (χ4n) is 1.81. The van der Waals surface area contributed by atoms with Gasteiger partial charge in [0, 0.05) is 5.69 Å². The number of carbonyl (C=O) groups is 1. The molecule has 0 spiro atoms. The van der Waals surface area contributed by atoms with Crippen molar-refractivity contribution in [3.8, 4) is 6.07 Å². The van der Waals surface area contributed by atoms with Crippen molar-refractivity contribution in [1.82, 2.24) is 0 Å². The van der Waals surface area contributed by atoms with Crippen molar-refractivity contribution in [2.45, 2.75) is 13.8 Å². The molecule has 0 radical (unpaired) electrons. The number of hydrogen-bond acceptors (Lipinski definition) is 2. The summed E-state index contributed by atoms with van der Waals surface area (Å²) in [5, 5.41) is 11.9. The summed E-state index contributed by atoms with van der Waals surface area (Å²) in [4.78, 5) is 12.1. The van der Waals surface area contributed by atoms with Crippen LogP contribution in [0.3, 0.4) is 0 Å². The Bertz CT molecular complexity index is 704. The van der Waals surface area contributed by atoms with Gasteiger partial charge in [0.25, 0.3) is 5.91 Å². The van der Waals surface area contributed by atoms with E-state index in [1.54, 1.807) is 6.08 Å². The summed E-state index contributed by atoms with van der Waals surface area (Å²) in [5.74, 6) is -0.401. The Morgan fingerprint density at radius 1 is 1.00 bits per heavy atom. The van der Waals surface area contributed by atoms with Gasteiger partial charge in [-0.05, 0) is 37.6 Å². The van der Waals surface area contributed by atoms with E-state index in [0.29, 0.717) is 5.69 Å². The van der Waals surface area contributed by atoms with Gasteiger partial charge in [-0.3, -0.25) is 4.79 Å². The average molecular weight is 276 g/mol. The highest BCUT2D eigenvalue weighted by Crippen LogP contribution is 2.12. The van der Waals surface area contributed by atoms with Crippen LogP contribution in [-0.2, 0) is 4.79 Å². The molecule has 0 aliphatic heterocycles. The van der Waals surface area contributed by atoms with E-state index in [-0.39, 0.29) is 5.57 Å². The summed E-state index contributed by atoms with van der Waals surface area (Å²) in [6.45, 7) is 3.96. The maximum atomic E-state index is 12.1. The molecule has 2 aromatic rings. The lowest BCUT2D eigenvalue weighted by molar-refractivity contribution is -0.112. The summed E-state index contributed by atoms with van der Waals surface area (Å²) in [6, 6.07) is 17.0. The number of anilines is 1. The fraction of sp³-hybridized carbons (Fsp3) is 0.111. The van der Waals surface area contributed by atoms with E-state index in [1.807, 2.05) is 68.4 Å². The number of nitrogens with one attached hydrogen (secondary N) is 1. The first kappa shape index (κ1) is 14.5. The van der Waals surface area contributed by atoms with Gasteiger partial charge in [-0.15, -0.1) is 0 Å². The first-order chi connectivity index (χ1) is 10.1. The highest BCUT2D eigenvalue weighted by molar-refractivity contribution is 6.09. The van der Waals surface area contributed by atoms with Gasteiger partial charge < -0.3 is 5.32 Å². The summed E-state index contributed by atoms with van der Waals surface area (Å²) < 4.78 is 0. The molecule has 0 heterocycles. The number of nitriles is 1. The molecule has 1 N–H and O–H groups in total. The fourth-order valence-corrected chi connectivity index (χ4v) is 1.81. The van der Waals surface area contributed by atoms with Gasteiger partial charge in [-0.25, -0.2) is 0 Å². The predicted octanol–water partition coefficient (Wildman–Crippen LogP) is 3.85. The van der Waals surface area contributed by atoms with Gasteiger partial charge >= 0.3 is 0 Å². The number of amides is 1. The molecule has 0 bridgehead atoms. The van der Waals surface area contributed by atoms with Gasteiger partial charge in [0.15, 0.2) is 0 Å². The molecule has 0 saturated carbocycles. The van der Waals surface area contributed by atoms with Crippen molar-refractivity contribution in [3.63, 3.8) is 0 Å². The zero-order valence-corrected chi connectivity index (χ0v) is 12.1. The van der Waals surface area contributed by atoms with Crippen LogP contribution in [0.5, 0.6) is 0 Å². The molecule has 0 aliphatic rings. The van der Waals surface area contributed by atoms with Gasteiger partial charge in [0.2, 0.25) is 0 Å². The Morgan fingerprint density at radius 3 is 2.05 bits per heavy atom. The topological polar surface area (TPSA) is 52.9 Å².